The van der Waals surface area contributed by atoms with Crippen molar-refractivity contribution >= 4 is 38.7 Å². The Hall–Kier alpha value is -2.97. The molecule has 8 heteroatoms. The highest BCUT2D eigenvalue weighted by Crippen LogP contribution is 2.20. The van der Waals surface area contributed by atoms with E-state index in [1.54, 1.807) is 35.7 Å². The summed E-state index contributed by atoms with van der Waals surface area (Å²) in [6.45, 7) is 1.96. The number of anilines is 1. The molecule has 0 bridgehead atoms. The van der Waals surface area contributed by atoms with Gasteiger partial charge in [0, 0.05) is 11.3 Å². The van der Waals surface area contributed by atoms with Gasteiger partial charge in [0.15, 0.2) is 0 Å². The Morgan fingerprint density at radius 1 is 0.964 bits per heavy atom. The largest absolute Gasteiger partial charge is 0.279 e. The van der Waals surface area contributed by atoms with E-state index in [1.165, 1.54) is 6.07 Å². The Morgan fingerprint density at radius 3 is 2.29 bits per heavy atom. The first-order valence-corrected chi connectivity index (χ1v) is 10.9. The summed E-state index contributed by atoms with van der Waals surface area (Å²) < 4.78 is 27.2. The highest BCUT2D eigenvalue weighted by Gasteiger charge is 2.15. The molecule has 1 aromatic heterocycles. The molecular weight excluding hydrogens is 394 g/mol. The Balaban J connectivity index is 1.68. The van der Waals surface area contributed by atoms with Gasteiger partial charge in [0.05, 0.1) is 5.71 Å². The lowest BCUT2D eigenvalue weighted by Crippen LogP contribution is -2.20. The molecule has 0 aliphatic rings. The molecule has 2 N–H and O–H groups in total. The third-order valence-corrected chi connectivity index (χ3v) is 6.67. The van der Waals surface area contributed by atoms with Crippen LogP contribution in [0.25, 0.3) is 0 Å². The van der Waals surface area contributed by atoms with Crippen LogP contribution >= 0.6 is 11.3 Å². The number of nitrogens with one attached hydrogen (secondary N) is 2. The second-order valence-corrected chi connectivity index (χ2v) is 8.69. The quantitative estimate of drug-likeness (QED) is 0.452. The minimum atomic E-state index is -3.61. The summed E-state index contributed by atoms with van der Waals surface area (Å²) in [5, 5.41) is 5.91. The highest BCUT2D eigenvalue weighted by molar-refractivity contribution is 7.94. The van der Waals surface area contributed by atoms with E-state index in [1.807, 2.05) is 37.3 Å². The molecule has 0 fully saturated rings. The number of thiophene rings is 1. The maximum Gasteiger partial charge on any atom is 0.271 e. The van der Waals surface area contributed by atoms with E-state index in [9.17, 15) is 13.2 Å². The van der Waals surface area contributed by atoms with Crippen LogP contribution in [-0.4, -0.2) is 20.0 Å². The van der Waals surface area contributed by atoms with Crippen LogP contribution in [0.2, 0.25) is 0 Å². The van der Waals surface area contributed by atoms with Crippen LogP contribution in [0.5, 0.6) is 0 Å². The number of carbonyl (C=O) groups excluding carboxylic acids is 1. The fourth-order valence-electron chi connectivity index (χ4n) is 2.47. The summed E-state index contributed by atoms with van der Waals surface area (Å²) in [6, 6.07) is 19.0. The fraction of sp³-hybridized carbons (Fsp3) is 0.100. The number of hydrazone groups is 1. The lowest BCUT2D eigenvalue weighted by molar-refractivity contribution is 0.0955. The molecule has 1 heterocycles. The van der Waals surface area contributed by atoms with E-state index in [0.717, 1.165) is 22.6 Å². The van der Waals surface area contributed by atoms with Gasteiger partial charge in [-0.1, -0.05) is 43.3 Å². The average Bonchev–Trinajstić information content (AvgIpc) is 3.25. The monoisotopic (exact) mass is 413 g/mol. The van der Waals surface area contributed by atoms with Crippen molar-refractivity contribution in [1.29, 1.82) is 0 Å². The van der Waals surface area contributed by atoms with Gasteiger partial charge in [0.2, 0.25) is 0 Å². The van der Waals surface area contributed by atoms with Gasteiger partial charge in [-0.3, -0.25) is 9.52 Å². The zero-order valence-corrected chi connectivity index (χ0v) is 16.8. The smallest absolute Gasteiger partial charge is 0.271 e. The van der Waals surface area contributed by atoms with Crippen molar-refractivity contribution in [1.82, 2.24) is 5.43 Å². The Bertz CT molecular complexity index is 1060. The first-order valence-electron chi connectivity index (χ1n) is 8.58. The number of sulfonamides is 1. The van der Waals surface area contributed by atoms with Gasteiger partial charge in [-0.25, -0.2) is 13.8 Å². The summed E-state index contributed by atoms with van der Waals surface area (Å²) in [7, 11) is -3.61. The second-order valence-electron chi connectivity index (χ2n) is 5.83. The van der Waals surface area contributed by atoms with Crippen molar-refractivity contribution in [3.8, 4) is 0 Å². The van der Waals surface area contributed by atoms with Crippen LogP contribution in [0.1, 0.15) is 29.3 Å². The van der Waals surface area contributed by atoms with E-state index < -0.39 is 10.0 Å². The minimum absolute atomic E-state index is 0.233. The zero-order chi connectivity index (χ0) is 20.0. The van der Waals surface area contributed by atoms with E-state index >= 15 is 0 Å². The SMILES string of the molecule is CC/C(=N/NC(=O)c1ccc(NS(=O)(=O)c2cccs2)cc1)c1ccccc1. The van der Waals surface area contributed by atoms with Crippen LogP contribution in [-0.2, 0) is 10.0 Å². The molecule has 1 amide bonds. The molecular formula is C20H19N3O3S2. The third kappa shape index (κ3) is 4.85. The van der Waals surface area contributed by atoms with Crippen molar-refractivity contribution in [3.63, 3.8) is 0 Å². The molecule has 0 aliphatic carbocycles. The highest BCUT2D eigenvalue weighted by atomic mass is 32.2. The molecule has 0 saturated carbocycles. The number of rotatable bonds is 7. The van der Waals surface area contributed by atoms with E-state index in [0.29, 0.717) is 17.7 Å². The van der Waals surface area contributed by atoms with Gasteiger partial charge in [-0.05, 0) is 47.7 Å². The number of nitrogens with zero attached hydrogens (tertiary/aromatic N) is 1. The second kappa shape index (κ2) is 8.81. The van der Waals surface area contributed by atoms with Crippen LogP contribution in [0.4, 0.5) is 5.69 Å². The molecule has 3 rings (SSSR count). The summed E-state index contributed by atoms with van der Waals surface area (Å²) in [5.74, 6) is -0.366. The number of hydrogen-bond acceptors (Lipinski definition) is 5. The molecule has 3 aromatic rings. The normalized spacial score (nSPS) is 11.8. The lowest BCUT2D eigenvalue weighted by atomic mass is 10.1. The van der Waals surface area contributed by atoms with Crippen LogP contribution in [0, 0.1) is 0 Å². The third-order valence-electron chi connectivity index (χ3n) is 3.89. The first kappa shape index (κ1) is 19.8. The van der Waals surface area contributed by atoms with Crippen LogP contribution in [0.3, 0.4) is 0 Å². The van der Waals surface area contributed by atoms with Gasteiger partial charge in [0.1, 0.15) is 4.21 Å². The first-order chi connectivity index (χ1) is 13.5. The van der Waals surface area contributed by atoms with Crippen LogP contribution < -0.4 is 10.1 Å². The van der Waals surface area contributed by atoms with Gasteiger partial charge >= 0.3 is 0 Å². The van der Waals surface area contributed by atoms with Gasteiger partial charge < -0.3 is 0 Å². The Kier molecular flexibility index (Phi) is 6.23. The van der Waals surface area contributed by atoms with Crippen molar-refractivity contribution in [2.75, 3.05) is 4.72 Å². The molecule has 2 aromatic carbocycles. The zero-order valence-electron chi connectivity index (χ0n) is 15.1. The number of hydrogen-bond donors (Lipinski definition) is 2. The number of carbonyl (C=O) groups is 1. The van der Waals surface area contributed by atoms with E-state index in [4.69, 9.17) is 0 Å². The van der Waals surface area contributed by atoms with Crippen molar-refractivity contribution < 1.29 is 13.2 Å². The van der Waals surface area contributed by atoms with Gasteiger partial charge in [0.25, 0.3) is 15.9 Å². The van der Waals surface area contributed by atoms with Crippen molar-refractivity contribution in [2.24, 2.45) is 5.10 Å². The maximum absolute atomic E-state index is 12.3. The Labute approximate surface area is 168 Å². The standard InChI is InChI=1S/C20H19N3O3S2/c1-2-18(15-7-4-3-5-8-15)21-22-20(24)16-10-12-17(13-11-16)23-28(25,26)19-9-6-14-27-19/h3-14,23H,2H2,1H3,(H,22,24)/b21-18-. The molecule has 0 unspecified atom stereocenters. The fourth-order valence-corrected chi connectivity index (χ4v) is 4.52. The molecule has 28 heavy (non-hydrogen) atoms. The van der Waals surface area contributed by atoms with Crippen LogP contribution in [0.15, 0.2) is 81.4 Å². The molecule has 0 radical (unpaired) electrons. The molecule has 0 spiro atoms. The van der Waals surface area contributed by atoms with Gasteiger partial charge in [-0.2, -0.15) is 5.10 Å². The topological polar surface area (TPSA) is 87.6 Å². The summed E-state index contributed by atoms with van der Waals surface area (Å²) >= 11 is 1.14. The van der Waals surface area contributed by atoms with E-state index in [-0.39, 0.29) is 10.1 Å². The molecule has 144 valence electrons. The Morgan fingerprint density at radius 2 is 1.68 bits per heavy atom. The summed E-state index contributed by atoms with van der Waals surface area (Å²) in [6.07, 6.45) is 0.674. The predicted molar refractivity (Wildman–Crippen MR) is 112 cm³/mol. The summed E-state index contributed by atoms with van der Waals surface area (Å²) in [5.41, 5.74) is 5.03. The molecule has 0 aliphatic heterocycles. The van der Waals surface area contributed by atoms with Gasteiger partial charge in [-0.15, -0.1) is 11.3 Å². The average molecular weight is 414 g/mol. The van der Waals surface area contributed by atoms with Crippen molar-refractivity contribution in [2.45, 2.75) is 17.6 Å². The molecule has 6 nitrogen and oxygen atoms in total. The van der Waals surface area contributed by atoms with E-state index in [2.05, 4.69) is 15.2 Å². The number of amides is 1. The number of benzene rings is 2. The predicted octanol–water partition coefficient (Wildman–Crippen LogP) is 4.09. The molecule has 0 saturated heterocycles. The molecule has 0 atom stereocenters. The maximum atomic E-state index is 12.3. The minimum Gasteiger partial charge on any atom is -0.279 e. The summed E-state index contributed by atoms with van der Waals surface area (Å²) in [4.78, 5) is 12.3. The lowest BCUT2D eigenvalue weighted by Gasteiger charge is -2.08. The van der Waals surface area contributed by atoms with Crippen molar-refractivity contribution in [3.05, 3.63) is 83.2 Å².